The van der Waals surface area contributed by atoms with Gasteiger partial charge in [-0.3, -0.25) is 4.79 Å². The van der Waals surface area contributed by atoms with Crippen molar-refractivity contribution >= 4 is 5.97 Å². The summed E-state index contributed by atoms with van der Waals surface area (Å²) >= 11 is 0. The van der Waals surface area contributed by atoms with Gasteiger partial charge in [0.2, 0.25) is 0 Å². The first kappa shape index (κ1) is 15.7. The molecular formula is C11H22N4O2. The largest absolute Gasteiger partial charge is 0.468 e. The van der Waals surface area contributed by atoms with Crippen molar-refractivity contribution in [2.75, 3.05) is 20.2 Å². The van der Waals surface area contributed by atoms with Crippen molar-refractivity contribution < 1.29 is 9.53 Å². The van der Waals surface area contributed by atoms with E-state index >= 15 is 0 Å². The number of esters is 1. The topological polar surface area (TPSA) is 87.1 Å². The number of hydrogen-bond acceptors (Lipinski definition) is 4. The van der Waals surface area contributed by atoms with E-state index in [1.165, 1.54) is 7.11 Å². The Kier molecular flexibility index (Phi) is 7.34. The van der Waals surface area contributed by atoms with Gasteiger partial charge in [0.1, 0.15) is 6.04 Å². The van der Waals surface area contributed by atoms with E-state index in [4.69, 9.17) is 10.3 Å². The van der Waals surface area contributed by atoms with Gasteiger partial charge < -0.3 is 10.1 Å². The second-order valence-corrected chi connectivity index (χ2v) is 5.10. The van der Waals surface area contributed by atoms with Crippen LogP contribution in [-0.4, -0.2) is 32.2 Å². The maximum Gasteiger partial charge on any atom is 0.322 e. The molecule has 0 heterocycles. The molecular weight excluding hydrogens is 220 g/mol. The third-order valence-electron chi connectivity index (χ3n) is 2.19. The smallest absolute Gasteiger partial charge is 0.322 e. The molecule has 0 aliphatic heterocycles. The summed E-state index contributed by atoms with van der Waals surface area (Å²) in [7, 11) is 1.39. The van der Waals surface area contributed by atoms with Gasteiger partial charge >= 0.3 is 5.97 Å². The molecule has 6 heteroatoms. The zero-order valence-corrected chi connectivity index (χ0v) is 11.1. The fourth-order valence-electron chi connectivity index (χ4n) is 1.46. The summed E-state index contributed by atoms with van der Waals surface area (Å²) in [6, 6.07) is -0.300. The van der Waals surface area contributed by atoms with Crippen LogP contribution in [0.4, 0.5) is 0 Å². The molecule has 0 radical (unpaired) electrons. The van der Waals surface area contributed by atoms with Crippen LogP contribution in [-0.2, 0) is 9.53 Å². The van der Waals surface area contributed by atoms with Crippen molar-refractivity contribution in [3.63, 3.8) is 0 Å². The van der Waals surface area contributed by atoms with E-state index < -0.39 is 0 Å². The fraction of sp³-hybridized carbons (Fsp3) is 0.909. The summed E-state index contributed by atoms with van der Waals surface area (Å²) in [5.74, 6) is -0.247. The Morgan fingerprint density at radius 1 is 1.53 bits per heavy atom. The zero-order valence-electron chi connectivity index (χ0n) is 11.1. The third-order valence-corrected chi connectivity index (χ3v) is 2.19. The van der Waals surface area contributed by atoms with Gasteiger partial charge in [0.25, 0.3) is 0 Å². The van der Waals surface area contributed by atoms with Gasteiger partial charge in [0, 0.05) is 11.5 Å². The highest BCUT2D eigenvalue weighted by atomic mass is 16.5. The van der Waals surface area contributed by atoms with Crippen molar-refractivity contribution in [2.24, 2.45) is 10.5 Å². The highest BCUT2D eigenvalue weighted by Gasteiger charge is 2.24. The van der Waals surface area contributed by atoms with E-state index in [2.05, 4.69) is 36.1 Å². The molecule has 6 nitrogen and oxygen atoms in total. The van der Waals surface area contributed by atoms with Gasteiger partial charge in [-0.2, -0.15) is 0 Å². The van der Waals surface area contributed by atoms with Crippen LogP contribution in [0.5, 0.6) is 0 Å². The predicted molar refractivity (Wildman–Crippen MR) is 66.5 cm³/mol. The Hall–Kier alpha value is -1.26. The molecule has 1 atom stereocenters. The molecule has 0 aromatic carbocycles. The fourth-order valence-corrected chi connectivity index (χ4v) is 1.46. The molecule has 0 spiro atoms. The van der Waals surface area contributed by atoms with E-state index in [-0.39, 0.29) is 17.4 Å². The van der Waals surface area contributed by atoms with Crippen molar-refractivity contribution in [3.8, 4) is 0 Å². The van der Waals surface area contributed by atoms with Crippen molar-refractivity contribution in [1.29, 1.82) is 0 Å². The Labute approximate surface area is 102 Å². The monoisotopic (exact) mass is 242 g/mol. The summed E-state index contributed by atoms with van der Waals surface area (Å²) in [5.41, 5.74) is 8.17. The number of hydrogen-bond donors (Lipinski definition) is 1. The second kappa shape index (κ2) is 7.92. The molecule has 0 saturated heterocycles. The van der Waals surface area contributed by atoms with Crippen LogP contribution in [0.25, 0.3) is 10.4 Å². The lowest BCUT2D eigenvalue weighted by Gasteiger charge is -2.25. The number of ether oxygens (including phenoxy) is 1. The molecule has 0 aliphatic rings. The molecule has 17 heavy (non-hydrogen) atoms. The van der Waals surface area contributed by atoms with E-state index in [0.717, 1.165) is 0 Å². The highest BCUT2D eigenvalue weighted by Crippen LogP contribution is 2.21. The third kappa shape index (κ3) is 8.54. The van der Waals surface area contributed by atoms with Gasteiger partial charge in [0.15, 0.2) is 0 Å². The average Bonchev–Trinajstić information content (AvgIpc) is 2.24. The number of nitrogens with zero attached hydrogens (tertiary/aromatic N) is 3. The lowest BCUT2D eigenvalue weighted by Crippen LogP contribution is -2.41. The first-order valence-corrected chi connectivity index (χ1v) is 5.73. The Morgan fingerprint density at radius 3 is 2.65 bits per heavy atom. The molecule has 0 bridgehead atoms. The molecule has 1 unspecified atom stereocenters. The minimum Gasteiger partial charge on any atom is -0.468 e. The molecule has 0 aromatic rings. The number of rotatable bonds is 7. The minimum atomic E-state index is -0.300. The van der Waals surface area contributed by atoms with Crippen molar-refractivity contribution in [2.45, 2.75) is 39.7 Å². The number of methoxy groups -OCH3 is 1. The van der Waals surface area contributed by atoms with Crippen LogP contribution in [0.15, 0.2) is 5.11 Å². The molecule has 0 saturated carbocycles. The molecule has 0 amide bonds. The normalized spacial score (nSPS) is 12.7. The van der Waals surface area contributed by atoms with Crippen LogP contribution in [0.3, 0.4) is 0 Å². The van der Waals surface area contributed by atoms with E-state index in [1.54, 1.807) is 0 Å². The Balaban J connectivity index is 4.11. The lowest BCUT2D eigenvalue weighted by atomic mass is 9.88. The molecule has 0 fully saturated rings. The Bertz CT molecular complexity index is 280. The molecule has 98 valence electrons. The molecule has 0 aromatic heterocycles. The quantitative estimate of drug-likeness (QED) is 0.244. The van der Waals surface area contributed by atoms with Gasteiger partial charge in [-0.15, -0.1) is 0 Å². The first-order valence-electron chi connectivity index (χ1n) is 5.73. The van der Waals surface area contributed by atoms with E-state index in [1.807, 2.05) is 0 Å². The second-order valence-electron chi connectivity index (χ2n) is 5.10. The van der Waals surface area contributed by atoms with Crippen molar-refractivity contribution in [3.05, 3.63) is 10.4 Å². The predicted octanol–water partition coefficient (Wildman–Crippen LogP) is 2.25. The van der Waals surface area contributed by atoms with Crippen LogP contribution in [0, 0.1) is 5.41 Å². The molecule has 0 rings (SSSR count). The number of carbonyl (C=O) groups is 1. The Morgan fingerprint density at radius 2 is 2.18 bits per heavy atom. The SMILES string of the molecule is COC(=O)C(CC(C)(C)C)NCCCN=[N+]=[N-]. The van der Waals surface area contributed by atoms with Crippen LogP contribution < -0.4 is 5.32 Å². The van der Waals surface area contributed by atoms with Crippen molar-refractivity contribution in [1.82, 2.24) is 5.32 Å². The van der Waals surface area contributed by atoms with Crippen LogP contribution in [0.1, 0.15) is 33.6 Å². The van der Waals surface area contributed by atoms with Gasteiger partial charge in [-0.25, -0.2) is 0 Å². The summed E-state index contributed by atoms with van der Waals surface area (Å²) < 4.78 is 4.75. The number of carbonyl (C=O) groups excluding carboxylic acids is 1. The van der Waals surface area contributed by atoms with E-state index in [9.17, 15) is 4.79 Å². The molecule has 0 aliphatic carbocycles. The summed E-state index contributed by atoms with van der Waals surface area (Å²) in [5, 5.41) is 6.56. The average molecular weight is 242 g/mol. The maximum atomic E-state index is 11.5. The zero-order chi connectivity index (χ0) is 13.3. The van der Waals surface area contributed by atoms with Crippen LogP contribution >= 0.6 is 0 Å². The number of nitrogens with one attached hydrogen (secondary N) is 1. The van der Waals surface area contributed by atoms with E-state index in [0.29, 0.717) is 25.9 Å². The number of azide groups is 1. The van der Waals surface area contributed by atoms with Gasteiger partial charge in [0.05, 0.1) is 7.11 Å². The minimum absolute atomic E-state index is 0.0522. The summed E-state index contributed by atoms with van der Waals surface area (Å²) in [6.45, 7) is 7.29. The van der Waals surface area contributed by atoms with Gasteiger partial charge in [-0.1, -0.05) is 25.9 Å². The summed E-state index contributed by atoms with van der Waals surface area (Å²) in [4.78, 5) is 14.2. The first-order chi connectivity index (χ1) is 7.90. The standard InChI is InChI=1S/C11H22N4O2/c1-11(2,3)8-9(10(16)17-4)13-6-5-7-14-15-12/h9,13H,5-8H2,1-4H3. The lowest BCUT2D eigenvalue weighted by molar-refractivity contribution is -0.144. The molecule has 1 N–H and O–H groups in total. The van der Waals surface area contributed by atoms with Crippen LogP contribution in [0.2, 0.25) is 0 Å². The highest BCUT2D eigenvalue weighted by molar-refractivity contribution is 5.75. The summed E-state index contributed by atoms with van der Waals surface area (Å²) in [6.07, 6.45) is 1.42. The maximum absolute atomic E-state index is 11.5. The van der Waals surface area contributed by atoms with Gasteiger partial charge in [-0.05, 0) is 30.3 Å².